The second kappa shape index (κ2) is 5.07. The van der Waals surface area contributed by atoms with Crippen molar-refractivity contribution in [3.05, 3.63) is 0 Å². The molecule has 1 unspecified atom stereocenters. The monoisotopic (exact) mass is 186 g/mol. The van der Waals surface area contributed by atoms with Crippen LogP contribution in [0.2, 0.25) is 0 Å². The lowest BCUT2D eigenvalue weighted by molar-refractivity contribution is 0.162. The van der Waals surface area contributed by atoms with Crippen LogP contribution < -0.4 is 5.32 Å². The van der Waals surface area contributed by atoms with Gasteiger partial charge in [-0.3, -0.25) is 0 Å². The smallest absolute Gasteiger partial charge is 0.317 e. The average molecular weight is 186 g/mol. The molecule has 0 aromatic carbocycles. The molecule has 0 bridgehead atoms. The van der Waals surface area contributed by atoms with Crippen LogP contribution >= 0.6 is 0 Å². The van der Waals surface area contributed by atoms with E-state index in [1.54, 1.807) is 7.11 Å². The lowest BCUT2D eigenvalue weighted by atomic mass is 10.4. The van der Waals surface area contributed by atoms with Crippen LogP contribution in [0, 0.1) is 0 Å². The van der Waals surface area contributed by atoms with Crippen LogP contribution in [0.25, 0.3) is 0 Å². The van der Waals surface area contributed by atoms with Gasteiger partial charge in [0.1, 0.15) is 0 Å². The van der Waals surface area contributed by atoms with Gasteiger partial charge in [0, 0.05) is 20.2 Å². The molecule has 4 nitrogen and oxygen atoms in total. The van der Waals surface area contributed by atoms with Crippen LogP contribution in [0.3, 0.4) is 0 Å². The van der Waals surface area contributed by atoms with Gasteiger partial charge in [-0.25, -0.2) is 4.79 Å². The highest BCUT2D eigenvalue weighted by Gasteiger charge is 2.18. The molecule has 1 atom stereocenters. The largest absolute Gasteiger partial charge is 0.383 e. The van der Waals surface area contributed by atoms with E-state index < -0.39 is 0 Å². The maximum Gasteiger partial charge on any atom is 0.317 e. The highest BCUT2D eigenvalue weighted by molar-refractivity contribution is 5.74. The fourth-order valence-corrected chi connectivity index (χ4v) is 1.51. The summed E-state index contributed by atoms with van der Waals surface area (Å²) >= 11 is 0. The van der Waals surface area contributed by atoms with Gasteiger partial charge in [-0.2, -0.15) is 0 Å². The molecule has 0 aromatic rings. The number of methoxy groups -OCH3 is 1. The maximum absolute atomic E-state index is 11.5. The van der Waals surface area contributed by atoms with Gasteiger partial charge >= 0.3 is 6.03 Å². The number of carbonyl (C=O) groups excluding carboxylic acids is 1. The molecule has 0 aliphatic carbocycles. The third kappa shape index (κ3) is 3.22. The van der Waals surface area contributed by atoms with Crippen molar-refractivity contribution in [2.75, 3.05) is 26.8 Å². The number of nitrogens with zero attached hydrogens (tertiary/aromatic N) is 1. The summed E-state index contributed by atoms with van der Waals surface area (Å²) in [5.41, 5.74) is 0. The number of hydrogen-bond donors (Lipinski definition) is 1. The molecule has 76 valence electrons. The maximum atomic E-state index is 11.5. The first kappa shape index (κ1) is 10.3. The second-order valence-electron chi connectivity index (χ2n) is 3.50. The Morgan fingerprint density at radius 3 is 2.69 bits per heavy atom. The molecule has 1 aliphatic heterocycles. The topological polar surface area (TPSA) is 41.6 Å². The SMILES string of the molecule is COCC(C)NC(=O)N1CCCC1. The summed E-state index contributed by atoms with van der Waals surface area (Å²) in [6, 6.07) is 0.139. The summed E-state index contributed by atoms with van der Waals surface area (Å²) in [7, 11) is 1.64. The molecular weight excluding hydrogens is 168 g/mol. The summed E-state index contributed by atoms with van der Waals surface area (Å²) in [6.45, 7) is 4.30. The lowest BCUT2D eigenvalue weighted by Crippen LogP contribution is -2.44. The Balaban J connectivity index is 2.23. The van der Waals surface area contributed by atoms with Gasteiger partial charge in [0.05, 0.1) is 12.6 Å². The summed E-state index contributed by atoms with van der Waals surface area (Å²) in [4.78, 5) is 13.3. The number of nitrogens with one attached hydrogen (secondary N) is 1. The molecule has 0 saturated carbocycles. The zero-order chi connectivity index (χ0) is 9.68. The van der Waals surface area contributed by atoms with Crippen molar-refractivity contribution in [1.82, 2.24) is 10.2 Å². The molecule has 0 aromatic heterocycles. The fraction of sp³-hybridized carbons (Fsp3) is 0.889. The highest BCUT2D eigenvalue weighted by atomic mass is 16.5. The molecule has 1 aliphatic rings. The van der Waals surface area contributed by atoms with Crippen LogP contribution in [-0.2, 0) is 4.74 Å². The van der Waals surface area contributed by atoms with Crippen LogP contribution in [0.1, 0.15) is 19.8 Å². The quantitative estimate of drug-likeness (QED) is 0.709. The summed E-state index contributed by atoms with van der Waals surface area (Å²) in [5, 5.41) is 2.88. The zero-order valence-corrected chi connectivity index (χ0v) is 8.38. The Bertz CT molecular complexity index is 167. The molecule has 4 heteroatoms. The molecule has 1 N–H and O–H groups in total. The van der Waals surface area contributed by atoms with Gasteiger partial charge < -0.3 is 15.0 Å². The van der Waals surface area contributed by atoms with E-state index in [-0.39, 0.29) is 12.1 Å². The van der Waals surface area contributed by atoms with Crippen molar-refractivity contribution in [2.24, 2.45) is 0 Å². The van der Waals surface area contributed by atoms with E-state index in [0.29, 0.717) is 6.61 Å². The van der Waals surface area contributed by atoms with Gasteiger partial charge in [-0.1, -0.05) is 0 Å². The molecule has 1 heterocycles. The Morgan fingerprint density at radius 2 is 2.15 bits per heavy atom. The van der Waals surface area contributed by atoms with Crippen molar-refractivity contribution in [3.8, 4) is 0 Å². The molecule has 0 radical (unpaired) electrons. The molecule has 13 heavy (non-hydrogen) atoms. The summed E-state index contributed by atoms with van der Waals surface area (Å²) in [6.07, 6.45) is 2.26. The predicted molar refractivity (Wildman–Crippen MR) is 50.7 cm³/mol. The Hall–Kier alpha value is -0.770. The van der Waals surface area contributed by atoms with Crippen molar-refractivity contribution in [3.63, 3.8) is 0 Å². The summed E-state index contributed by atoms with van der Waals surface area (Å²) < 4.78 is 4.93. The van der Waals surface area contributed by atoms with Gasteiger partial charge in [0.25, 0.3) is 0 Å². The lowest BCUT2D eigenvalue weighted by Gasteiger charge is -2.19. The van der Waals surface area contributed by atoms with E-state index in [9.17, 15) is 4.79 Å². The highest BCUT2D eigenvalue weighted by Crippen LogP contribution is 2.07. The third-order valence-electron chi connectivity index (χ3n) is 2.18. The van der Waals surface area contributed by atoms with Crippen molar-refractivity contribution < 1.29 is 9.53 Å². The standard InChI is InChI=1S/C9H18N2O2/c1-8(7-13-2)10-9(12)11-5-3-4-6-11/h8H,3-7H2,1-2H3,(H,10,12). The number of hydrogen-bond acceptors (Lipinski definition) is 2. The van der Waals surface area contributed by atoms with E-state index in [2.05, 4.69) is 5.32 Å². The van der Waals surface area contributed by atoms with Crippen LogP contribution in [0.15, 0.2) is 0 Å². The Kier molecular flexibility index (Phi) is 4.02. The first-order chi connectivity index (χ1) is 6.24. The zero-order valence-electron chi connectivity index (χ0n) is 8.38. The van der Waals surface area contributed by atoms with E-state index in [1.165, 1.54) is 0 Å². The number of carbonyl (C=O) groups is 1. The number of ether oxygens (including phenoxy) is 1. The molecule has 1 fully saturated rings. The minimum Gasteiger partial charge on any atom is -0.383 e. The van der Waals surface area contributed by atoms with E-state index in [0.717, 1.165) is 25.9 Å². The van der Waals surface area contributed by atoms with Crippen LogP contribution in [0.5, 0.6) is 0 Å². The first-order valence-corrected chi connectivity index (χ1v) is 4.78. The van der Waals surface area contributed by atoms with E-state index >= 15 is 0 Å². The summed E-state index contributed by atoms with van der Waals surface area (Å²) in [5.74, 6) is 0. The van der Waals surface area contributed by atoms with Crippen LogP contribution in [0.4, 0.5) is 4.79 Å². The van der Waals surface area contributed by atoms with Gasteiger partial charge in [-0.15, -0.1) is 0 Å². The number of urea groups is 1. The van der Waals surface area contributed by atoms with Crippen molar-refractivity contribution in [1.29, 1.82) is 0 Å². The third-order valence-corrected chi connectivity index (χ3v) is 2.18. The number of likely N-dealkylation sites (tertiary alicyclic amines) is 1. The average Bonchev–Trinajstić information content (AvgIpc) is 2.55. The molecule has 1 saturated heterocycles. The van der Waals surface area contributed by atoms with E-state index in [4.69, 9.17) is 4.74 Å². The van der Waals surface area contributed by atoms with Crippen molar-refractivity contribution in [2.45, 2.75) is 25.8 Å². The van der Waals surface area contributed by atoms with E-state index in [1.807, 2.05) is 11.8 Å². The Morgan fingerprint density at radius 1 is 1.54 bits per heavy atom. The number of rotatable bonds is 3. The molecule has 1 rings (SSSR count). The second-order valence-corrected chi connectivity index (χ2v) is 3.50. The normalized spacial score (nSPS) is 18.8. The molecule has 2 amide bonds. The minimum atomic E-state index is 0.0436. The Labute approximate surface area is 79.2 Å². The minimum absolute atomic E-state index is 0.0436. The van der Waals surface area contributed by atoms with Gasteiger partial charge in [0.15, 0.2) is 0 Å². The molecular formula is C9H18N2O2. The molecule has 0 spiro atoms. The first-order valence-electron chi connectivity index (χ1n) is 4.78. The fourth-order valence-electron chi connectivity index (χ4n) is 1.51. The van der Waals surface area contributed by atoms with Gasteiger partial charge in [-0.05, 0) is 19.8 Å². The van der Waals surface area contributed by atoms with Gasteiger partial charge in [0.2, 0.25) is 0 Å². The predicted octanol–water partition coefficient (Wildman–Crippen LogP) is 0.827. The number of amides is 2. The van der Waals surface area contributed by atoms with Crippen LogP contribution in [-0.4, -0.2) is 43.8 Å². The van der Waals surface area contributed by atoms with Crippen molar-refractivity contribution >= 4 is 6.03 Å².